The molecule has 0 aliphatic heterocycles. The maximum atomic E-state index is 14.2. The summed E-state index contributed by atoms with van der Waals surface area (Å²) in [6.45, 7) is 0.165. The minimum atomic E-state index is -0.421. The topological polar surface area (TPSA) is 46.3 Å². The number of aromatic nitrogens is 1. The van der Waals surface area contributed by atoms with Crippen molar-refractivity contribution in [3.63, 3.8) is 0 Å². The minimum absolute atomic E-state index is 0.165. The first-order valence-electron chi connectivity index (χ1n) is 8.68. The van der Waals surface area contributed by atoms with Gasteiger partial charge in [-0.15, -0.1) is 11.3 Å². The molecule has 2 aromatic carbocycles. The van der Waals surface area contributed by atoms with E-state index < -0.39 is 5.82 Å². The number of benzene rings is 2. The van der Waals surface area contributed by atoms with E-state index in [0.717, 1.165) is 10.1 Å². The molecular formula is C21H12ClFN2O2S2. The molecule has 0 N–H and O–H groups in total. The highest BCUT2D eigenvalue weighted by Gasteiger charge is 2.27. The molecular weight excluding hydrogens is 431 g/mol. The number of halogens is 2. The van der Waals surface area contributed by atoms with Crippen molar-refractivity contribution in [2.75, 3.05) is 4.90 Å². The Morgan fingerprint density at radius 1 is 1.07 bits per heavy atom. The third kappa shape index (κ3) is 3.21. The number of nitrogens with zero attached hydrogens (tertiary/aromatic N) is 2. The number of furan rings is 1. The van der Waals surface area contributed by atoms with Crippen molar-refractivity contribution in [2.24, 2.45) is 0 Å². The molecule has 3 heterocycles. The zero-order chi connectivity index (χ0) is 20.0. The fourth-order valence-electron chi connectivity index (χ4n) is 3.08. The number of thiophene rings is 1. The van der Waals surface area contributed by atoms with Crippen LogP contribution in [0.15, 0.2) is 65.3 Å². The van der Waals surface area contributed by atoms with Gasteiger partial charge in [0.1, 0.15) is 22.0 Å². The van der Waals surface area contributed by atoms with E-state index in [9.17, 15) is 9.18 Å². The number of rotatable bonds is 4. The highest BCUT2D eigenvalue weighted by atomic mass is 35.5. The summed E-state index contributed by atoms with van der Waals surface area (Å²) in [5.74, 6) is -0.127. The lowest BCUT2D eigenvalue weighted by atomic mass is 10.2. The highest BCUT2D eigenvalue weighted by Crippen LogP contribution is 2.38. The predicted octanol–water partition coefficient (Wildman–Crippen LogP) is 6.74. The fourth-order valence-corrected chi connectivity index (χ4v) is 5.52. The Morgan fingerprint density at radius 2 is 1.90 bits per heavy atom. The van der Waals surface area contributed by atoms with E-state index in [1.165, 1.54) is 33.6 Å². The van der Waals surface area contributed by atoms with Crippen molar-refractivity contribution in [2.45, 2.75) is 6.54 Å². The van der Waals surface area contributed by atoms with Crippen molar-refractivity contribution >= 4 is 65.6 Å². The Bertz CT molecular complexity index is 1340. The number of hydrogen-bond acceptors (Lipinski definition) is 5. The normalized spacial score (nSPS) is 11.4. The maximum absolute atomic E-state index is 14.2. The van der Waals surface area contributed by atoms with Crippen LogP contribution < -0.4 is 4.90 Å². The number of carbonyl (C=O) groups excluding carboxylic acids is 1. The van der Waals surface area contributed by atoms with Crippen LogP contribution in [-0.4, -0.2) is 10.9 Å². The number of amides is 1. The molecule has 1 amide bonds. The Hall–Kier alpha value is -2.74. The fraction of sp³-hybridized carbons (Fsp3) is 0.0476. The number of anilines is 1. The summed E-state index contributed by atoms with van der Waals surface area (Å²) in [5.41, 5.74) is 0.243. The Labute approximate surface area is 177 Å². The van der Waals surface area contributed by atoms with E-state index in [4.69, 9.17) is 16.0 Å². The van der Waals surface area contributed by atoms with Crippen molar-refractivity contribution in [1.29, 1.82) is 0 Å². The maximum Gasteiger partial charge on any atom is 0.272 e. The highest BCUT2D eigenvalue weighted by molar-refractivity contribution is 7.23. The molecule has 0 radical (unpaired) electrons. The molecule has 8 heteroatoms. The molecule has 5 rings (SSSR count). The summed E-state index contributed by atoms with van der Waals surface area (Å²) in [6, 6.07) is 15.9. The van der Waals surface area contributed by atoms with Gasteiger partial charge in [-0.3, -0.25) is 9.69 Å². The second-order valence-corrected chi connectivity index (χ2v) is 8.73. The van der Waals surface area contributed by atoms with Gasteiger partial charge in [0.25, 0.3) is 5.91 Å². The molecule has 0 unspecified atom stereocenters. The van der Waals surface area contributed by atoms with Crippen molar-refractivity contribution in [1.82, 2.24) is 4.98 Å². The molecule has 29 heavy (non-hydrogen) atoms. The smallest absolute Gasteiger partial charge is 0.272 e. The van der Waals surface area contributed by atoms with Gasteiger partial charge in [-0.2, -0.15) is 0 Å². The van der Waals surface area contributed by atoms with Crippen LogP contribution in [0.5, 0.6) is 0 Å². The lowest BCUT2D eigenvalue weighted by molar-refractivity contribution is 0.0987. The number of fused-ring (bicyclic) bond motifs is 2. The zero-order valence-corrected chi connectivity index (χ0v) is 17.2. The van der Waals surface area contributed by atoms with Gasteiger partial charge in [-0.1, -0.05) is 47.2 Å². The molecule has 0 saturated carbocycles. The first kappa shape index (κ1) is 18.3. The average Bonchev–Trinajstić information content (AvgIpc) is 3.45. The summed E-state index contributed by atoms with van der Waals surface area (Å²) in [4.78, 5) is 19.8. The van der Waals surface area contributed by atoms with E-state index in [0.29, 0.717) is 25.5 Å². The quantitative estimate of drug-likeness (QED) is 0.309. The van der Waals surface area contributed by atoms with Gasteiger partial charge < -0.3 is 4.42 Å². The average molecular weight is 443 g/mol. The lowest BCUT2D eigenvalue weighted by Crippen LogP contribution is -2.29. The predicted molar refractivity (Wildman–Crippen MR) is 116 cm³/mol. The summed E-state index contributed by atoms with van der Waals surface area (Å²) in [6.07, 6.45) is 1.54. The summed E-state index contributed by atoms with van der Waals surface area (Å²) in [5, 5.41) is 1.63. The minimum Gasteiger partial charge on any atom is -0.467 e. The largest absolute Gasteiger partial charge is 0.467 e. The van der Waals surface area contributed by atoms with Crippen LogP contribution in [0, 0.1) is 5.82 Å². The van der Waals surface area contributed by atoms with Crippen LogP contribution in [0.1, 0.15) is 15.4 Å². The summed E-state index contributed by atoms with van der Waals surface area (Å²) in [7, 11) is 0. The molecule has 0 aliphatic rings. The molecule has 0 spiro atoms. The molecule has 144 valence electrons. The lowest BCUT2D eigenvalue weighted by Gasteiger charge is -2.18. The van der Waals surface area contributed by atoms with Gasteiger partial charge in [-0.25, -0.2) is 9.37 Å². The second-order valence-electron chi connectivity index (χ2n) is 6.30. The molecule has 4 nitrogen and oxygen atoms in total. The number of hydrogen-bond donors (Lipinski definition) is 0. The van der Waals surface area contributed by atoms with Gasteiger partial charge in [0.15, 0.2) is 5.13 Å². The van der Waals surface area contributed by atoms with Crippen LogP contribution in [0.3, 0.4) is 0 Å². The molecule has 5 aromatic rings. The van der Waals surface area contributed by atoms with Crippen LogP contribution in [0.25, 0.3) is 20.3 Å². The first-order valence-corrected chi connectivity index (χ1v) is 10.7. The molecule has 0 saturated heterocycles. The standard InChI is InChI=1S/C21H12ClFN2O2S2/c22-17-13-6-1-2-8-15(13)28-19(17)20(26)25(11-12-5-4-10-27-12)21-24-18-14(23)7-3-9-16(18)29-21/h1-10H,11H2. The Morgan fingerprint density at radius 3 is 2.66 bits per heavy atom. The number of thiazole rings is 1. The van der Waals surface area contributed by atoms with Crippen molar-refractivity contribution < 1.29 is 13.6 Å². The zero-order valence-electron chi connectivity index (χ0n) is 14.8. The number of carbonyl (C=O) groups is 1. The summed E-state index contributed by atoms with van der Waals surface area (Å²) >= 11 is 9.11. The van der Waals surface area contributed by atoms with Crippen LogP contribution in [0.4, 0.5) is 9.52 Å². The van der Waals surface area contributed by atoms with E-state index >= 15 is 0 Å². The third-order valence-corrected chi connectivity index (χ3v) is 7.16. The van der Waals surface area contributed by atoms with Gasteiger partial charge in [0.05, 0.1) is 22.5 Å². The monoisotopic (exact) mass is 442 g/mol. The molecule has 0 fully saturated rings. The van der Waals surface area contributed by atoms with Crippen LogP contribution in [0.2, 0.25) is 5.02 Å². The molecule has 0 aliphatic carbocycles. The van der Waals surface area contributed by atoms with Gasteiger partial charge in [-0.05, 0) is 30.3 Å². The van der Waals surface area contributed by atoms with E-state index in [-0.39, 0.29) is 18.0 Å². The van der Waals surface area contributed by atoms with Crippen molar-refractivity contribution in [3.8, 4) is 0 Å². The van der Waals surface area contributed by atoms with Crippen LogP contribution in [-0.2, 0) is 6.54 Å². The molecule has 3 aromatic heterocycles. The SMILES string of the molecule is O=C(c1sc2ccccc2c1Cl)N(Cc1ccco1)c1nc2c(F)cccc2s1. The van der Waals surface area contributed by atoms with Gasteiger partial charge >= 0.3 is 0 Å². The van der Waals surface area contributed by atoms with Crippen molar-refractivity contribution in [3.05, 3.63) is 82.3 Å². The second kappa shape index (κ2) is 7.26. The van der Waals surface area contributed by atoms with E-state index in [2.05, 4.69) is 4.98 Å². The Kier molecular flexibility index (Phi) is 4.58. The van der Waals surface area contributed by atoms with Gasteiger partial charge in [0, 0.05) is 10.1 Å². The summed E-state index contributed by atoms with van der Waals surface area (Å²) < 4.78 is 21.2. The van der Waals surface area contributed by atoms with E-state index in [1.807, 2.05) is 24.3 Å². The molecule has 0 bridgehead atoms. The van der Waals surface area contributed by atoms with E-state index in [1.54, 1.807) is 30.5 Å². The van der Waals surface area contributed by atoms with Crippen LogP contribution >= 0.6 is 34.3 Å². The number of para-hydroxylation sites is 1. The molecule has 0 atom stereocenters. The first-order chi connectivity index (χ1) is 14.1. The van der Waals surface area contributed by atoms with Gasteiger partial charge in [0.2, 0.25) is 0 Å². The Balaban J connectivity index is 1.63. The third-order valence-electron chi connectivity index (χ3n) is 4.46.